The van der Waals surface area contributed by atoms with Gasteiger partial charge in [0.05, 0.1) is 11.3 Å². The van der Waals surface area contributed by atoms with E-state index in [-0.39, 0.29) is 28.5 Å². The number of aliphatic hydroxyl groups is 1. The summed E-state index contributed by atoms with van der Waals surface area (Å²) in [5, 5.41) is 28.3. The van der Waals surface area contributed by atoms with Crippen LogP contribution in [0.2, 0.25) is 5.02 Å². The molecule has 0 aliphatic heterocycles. The van der Waals surface area contributed by atoms with Crippen molar-refractivity contribution in [3.8, 4) is 11.5 Å². The van der Waals surface area contributed by atoms with Gasteiger partial charge in [0, 0.05) is 16.2 Å². The summed E-state index contributed by atoms with van der Waals surface area (Å²) in [4.78, 5) is 10.2. The van der Waals surface area contributed by atoms with Crippen molar-refractivity contribution < 1.29 is 33.3 Å². The van der Waals surface area contributed by atoms with E-state index in [9.17, 15) is 18.7 Å². The van der Waals surface area contributed by atoms with Gasteiger partial charge in [-0.1, -0.05) is 72.8 Å². The number of para-hydroxylation sites is 1. The minimum Gasteiger partial charge on any atom is -0.478 e. The van der Waals surface area contributed by atoms with E-state index in [0.717, 1.165) is 18.4 Å². The molecule has 0 radical (unpaired) electrons. The topological polar surface area (TPSA) is 99.8 Å². The zero-order valence-electron chi connectivity index (χ0n) is 22.5. The molecule has 0 saturated heterocycles. The van der Waals surface area contributed by atoms with Crippen LogP contribution in [0.3, 0.4) is 0 Å². The lowest BCUT2D eigenvalue weighted by Crippen LogP contribution is -2.27. The fourth-order valence-electron chi connectivity index (χ4n) is 3.61. The quantitative estimate of drug-likeness (QED) is 0.130. The van der Waals surface area contributed by atoms with Crippen molar-refractivity contribution in [2.24, 2.45) is 5.92 Å². The number of carbonyl (C=O) groups is 1. The summed E-state index contributed by atoms with van der Waals surface area (Å²) >= 11 is 5.97. The Hall–Kier alpha value is -3.32. The number of aromatic carboxylic acids is 1. The number of allylic oxidation sites excluding steroid dienone is 1. The van der Waals surface area contributed by atoms with Crippen LogP contribution in [0.25, 0.3) is 0 Å². The highest BCUT2D eigenvalue weighted by molar-refractivity contribution is 7.17. The molecule has 5 rings (SSSR count). The zero-order valence-corrected chi connectivity index (χ0v) is 24.4. The molecule has 41 heavy (non-hydrogen) atoms. The van der Waals surface area contributed by atoms with E-state index in [1.165, 1.54) is 40.6 Å². The third kappa shape index (κ3) is 11.2. The molecule has 6 nitrogen and oxygen atoms in total. The Morgan fingerprint density at radius 1 is 1.02 bits per heavy atom. The number of carboxylic acid groups (broad SMARTS) is 1. The lowest BCUT2D eigenvalue weighted by atomic mass is 9.95. The highest BCUT2D eigenvalue weighted by Gasteiger charge is 2.33. The molecule has 2 unspecified atom stereocenters. The standard InChI is InChI=1S/C21H21ClF2NO3P.C7H6O2.C3H6/c1-12(13-9-10-13)18(20(26)27-15-6-4-5-14(22)11-15)19(25)16-7-2-3-8-17(16)28-21(23,24)29;8-7(9)6-4-2-1-3-5-6;1-2-3-1/h2-8,11,13,20,25-26H,9-10,29H2,1H3;1-5H,(H,8,9);1-3H2/b18-12-,25-19?;;. The van der Waals surface area contributed by atoms with E-state index >= 15 is 0 Å². The highest BCUT2D eigenvalue weighted by Crippen LogP contribution is 2.40. The molecular weight excluding hydrogens is 571 g/mol. The molecule has 3 aromatic rings. The maximum Gasteiger partial charge on any atom is 0.408 e. The normalized spacial score (nSPS) is 15.1. The largest absolute Gasteiger partial charge is 0.478 e. The molecule has 2 aliphatic carbocycles. The smallest absolute Gasteiger partial charge is 0.408 e. The minimum atomic E-state index is -3.48. The maximum absolute atomic E-state index is 13.4. The Morgan fingerprint density at radius 3 is 2.15 bits per heavy atom. The van der Waals surface area contributed by atoms with Crippen LogP contribution in [0, 0.1) is 11.3 Å². The van der Waals surface area contributed by atoms with E-state index in [4.69, 9.17) is 31.6 Å². The summed E-state index contributed by atoms with van der Waals surface area (Å²) < 4.78 is 37.1. The summed E-state index contributed by atoms with van der Waals surface area (Å²) in [5.41, 5.74) is 1.36. The third-order valence-electron chi connectivity index (χ3n) is 5.95. The van der Waals surface area contributed by atoms with Gasteiger partial charge in [-0.15, -0.1) is 0 Å². The minimum absolute atomic E-state index is 0.131. The molecule has 2 aliphatic rings. The van der Waals surface area contributed by atoms with Crippen LogP contribution in [0.4, 0.5) is 8.78 Å². The van der Waals surface area contributed by atoms with Gasteiger partial charge in [-0.25, -0.2) is 4.79 Å². The van der Waals surface area contributed by atoms with Gasteiger partial charge in [0.1, 0.15) is 11.5 Å². The van der Waals surface area contributed by atoms with Gasteiger partial charge >= 0.3 is 11.8 Å². The molecule has 2 atom stereocenters. The molecule has 0 amide bonds. The molecule has 3 N–H and O–H groups in total. The van der Waals surface area contributed by atoms with Gasteiger partial charge in [-0.05, 0) is 77.4 Å². The summed E-state index contributed by atoms with van der Waals surface area (Å²) in [7, 11) is 1.31. The molecule has 0 bridgehead atoms. The van der Waals surface area contributed by atoms with Crippen molar-refractivity contribution in [1.29, 1.82) is 5.41 Å². The molecule has 218 valence electrons. The van der Waals surface area contributed by atoms with E-state index < -0.39 is 18.1 Å². The van der Waals surface area contributed by atoms with Gasteiger partial charge < -0.3 is 19.7 Å². The van der Waals surface area contributed by atoms with Crippen LogP contribution in [0.1, 0.15) is 54.9 Å². The Bertz CT molecular complexity index is 1360. The van der Waals surface area contributed by atoms with Crippen LogP contribution in [-0.2, 0) is 0 Å². The number of benzene rings is 3. The molecule has 0 spiro atoms. The molecule has 3 aromatic carbocycles. The Kier molecular flexibility index (Phi) is 11.8. The molecule has 0 heterocycles. The molecule has 2 saturated carbocycles. The van der Waals surface area contributed by atoms with Gasteiger partial charge in [0.25, 0.3) is 0 Å². The second-order valence-electron chi connectivity index (χ2n) is 9.57. The van der Waals surface area contributed by atoms with Crippen molar-refractivity contribution in [3.05, 3.63) is 106 Å². The van der Waals surface area contributed by atoms with Crippen LogP contribution in [0.5, 0.6) is 11.5 Å². The first kappa shape index (κ1) is 32.2. The third-order valence-corrected chi connectivity index (χ3v) is 6.30. The first-order valence-corrected chi connectivity index (χ1v) is 14.0. The molecular formula is C31H33ClF2NO5P. The van der Waals surface area contributed by atoms with Gasteiger partial charge in [0.15, 0.2) is 0 Å². The van der Waals surface area contributed by atoms with Crippen molar-refractivity contribution >= 4 is 32.5 Å². The fourth-order valence-corrected chi connectivity index (χ4v) is 3.92. The number of ether oxygens (including phenoxy) is 2. The van der Waals surface area contributed by atoms with Crippen LogP contribution < -0.4 is 9.47 Å². The van der Waals surface area contributed by atoms with Crippen molar-refractivity contribution in [2.75, 3.05) is 0 Å². The van der Waals surface area contributed by atoms with E-state index in [0.29, 0.717) is 16.3 Å². The van der Waals surface area contributed by atoms with E-state index in [1.54, 1.807) is 66.7 Å². The summed E-state index contributed by atoms with van der Waals surface area (Å²) in [6.07, 6.45) is 4.91. The monoisotopic (exact) mass is 603 g/mol. The average molecular weight is 604 g/mol. The Morgan fingerprint density at radius 2 is 1.63 bits per heavy atom. The lowest BCUT2D eigenvalue weighted by molar-refractivity contribution is -0.0893. The molecule has 0 aromatic heterocycles. The lowest BCUT2D eigenvalue weighted by Gasteiger charge is -2.23. The predicted molar refractivity (Wildman–Crippen MR) is 159 cm³/mol. The summed E-state index contributed by atoms with van der Waals surface area (Å²) in [6, 6.07) is 20.8. The summed E-state index contributed by atoms with van der Waals surface area (Å²) in [5.74, 6) is -3.97. The van der Waals surface area contributed by atoms with Crippen molar-refractivity contribution in [1.82, 2.24) is 0 Å². The number of hydrogen-bond acceptors (Lipinski definition) is 5. The fraction of sp³-hybridized carbons (Fsp3) is 0.290. The second kappa shape index (κ2) is 15.1. The second-order valence-corrected chi connectivity index (χ2v) is 10.7. The Labute approximate surface area is 245 Å². The highest BCUT2D eigenvalue weighted by atomic mass is 35.5. The number of alkyl halides is 2. The number of aliphatic hydroxyl groups excluding tert-OH is 1. The van der Waals surface area contributed by atoms with Crippen molar-refractivity contribution in [3.63, 3.8) is 0 Å². The number of nitrogens with one attached hydrogen (secondary N) is 1. The Balaban J connectivity index is 0.000000316. The van der Waals surface area contributed by atoms with E-state index in [2.05, 4.69) is 0 Å². The van der Waals surface area contributed by atoms with Crippen LogP contribution in [-0.4, -0.2) is 34.0 Å². The zero-order chi connectivity index (χ0) is 30.0. The maximum atomic E-state index is 13.4. The average Bonchev–Trinajstić information content (AvgIpc) is 3.82. The number of hydrogen-bond donors (Lipinski definition) is 3. The van der Waals surface area contributed by atoms with Crippen molar-refractivity contribution in [2.45, 2.75) is 51.2 Å². The van der Waals surface area contributed by atoms with Gasteiger partial charge in [-0.3, -0.25) is 5.41 Å². The molecule has 10 heteroatoms. The molecule has 2 fully saturated rings. The van der Waals surface area contributed by atoms with Crippen LogP contribution >= 0.6 is 20.8 Å². The van der Waals surface area contributed by atoms with Gasteiger partial charge in [0.2, 0.25) is 6.29 Å². The van der Waals surface area contributed by atoms with E-state index in [1.807, 2.05) is 6.92 Å². The first-order chi connectivity index (χ1) is 19.5. The number of rotatable bonds is 9. The number of halogens is 3. The first-order valence-electron chi connectivity index (χ1n) is 13.1. The number of carboxylic acids is 1. The summed E-state index contributed by atoms with van der Waals surface area (Å²) in [6.45, 7) is 1.82. The van der Waals surface area contributed by atoms with Gasteiger partial charge in [-0.2, -0.15) is 8.78 Å². The van der Waals surface area contributed by atoms with Crippen LogP contribution in [0.15, 0.2) is 90.0 Å². The predicted octanol–water partition coefficient (Wildman–Crippen LogP) is 8.19. The SMILES string of the molecule is C/C(=C(\C(=N)c1ccccc1OC(F)(F)P)C(O)Oc1cccc(Cl)c1)C1CC1.C1CC1.O=C(O)c1ccccc1.